The molecule has 30 heavy (non-hydrogen) atoms. The van der Waals surface area contributed by atoms with Crippen molar-refractivity contribution in [2.24, 2.45) is 4.99 Å². The number of phenolic OH excluding ortho intramolecular Hbond substituents is 1. The summed E-state index contributed by atoms with van der Waals surface area (Å²) in [5, 5.41) is 14.1. The van der Waals surface area contributed by atoms with E-state index in [0.717, 1.165) is 37.1 Å². The van der Waals surface area contributed by atoms with Crippen LogP contribution in [0.25, 0.3) is 0 Å². The van der Waals surface area contributed by atoms with Crippen LogP contribution in [0.15, 0.2) is 80.7 Å². The Bertz CT molecular complexity index is 1050. The van der Waals surface area contributed by atoms with Gasteiger partial charge in [-0.2, -0.15) is 0 Å². The Hall–Kier alpha value is -2.15. The smallest absolute Gasteiger partial charge is 0.126 e. The number of hydrogen-bond acceptors (Lipinski definition) is 4. The number of nitrogens with zero attached hydrogens (tertiary/aromatic N) is 1. The first-order chi connectivity index (χ1) is 14.5. The van der Waals surface area contributed by atoms with Gasteiger partial charge in [-0.05, 0) is 72.6 Å². The molecule has 2 N–H and O–H groups in total. The maximum Gasteiger partial charge on any atom is 0.126 e. The second kappa shape index (κ2) is 9.33. The average Bonchev–Trinajstić information content (AvgIpc) is 2.76. The van der Waals surface area contributed by atoms with Crippen LogP contribution in [0, 0.1) is 0 Å². The van der Waals surface area contributed by atoms with Crippen molar-refractivity contribution in [2.75, 3.05) is 6.61 Å². The van der Waals surface area contributed by atoms with Crippen molar-refractivity contribution in [3.05, 3.63) is 92.4 Å². The molecule has 0 aliphatic carbocycles. The van der Waals surface area contributed by atoms with Gasteiger partial charge in [-0.1, -0.05) is 44.0 Å². The molecular weight excluding hydrogens is 508 g/mol. The fourth-order valence-corrected chi connectivity index (χ4v) is 4.25. The molecular formula is C24H22Br2N2O2. The Morgan fingerprint density at radius 2 is 1.70 bits per heavy atom. The van der Waals surface area contributed by atoms with Gasteiger partial charge in [0.2, 0.25) is 0 Å². The van der Waals surface area contributed by atoms with E-state index in [2.05, 4.69) is 49.3 Å². The van der Waals surface area contributed by atoms with Crippen molar-refractivity contribution in [3.8, 4) is 11.5 Å². The molecule has 2 atom stereocenters. The molecule has 4 nitrogen and oxygen atoms in total. The van der Waals surface area contributed by atoms with Gasteiger partial charge in [-0.3, -0.25) is 10.3 Å². The maximum atomic E-state index is 10.5. The lowest BCUT2D eigenvalue weighted by molar-refractivity contribution is 0.340. The van der Waals surface area contributed by atoms with E-state index in [1.165, 1.54) is 0 Å². The molecule has 0 aromatic heterocycles. The third kappa shape index (κ3) is 4.77. The highest BCUT2D eigenvalue weighted by molar-refractivity contribution is 9.10. The lowest BCUT2D eigenvalue weighted by atomic mass is 9.93. The molecule has 1 heterocycles. The highest BCUT2D eigenvalue weighted by atomic mass is 79.9. The predicted octanol–water partition coefficient (Wildman–Crippen LogP) is 6.54. The lowest BCUT2D eigenvalue weighted by Gasteiger charge is -2.31. The first-order valence-corrected chi connectivity index (χ1v) is 11.4. The van der Waals surface area contributed by atoms with Gasteiger partial charge in [-0.15, -0.1) is 0 Å². The van der Waals surface area contributed by atoms with Gasteiger partial charge in [0.1, 0.15) is 17.7 Å². The molecule has 4 rings (SSSR count). The van der Waals surface area contributed by atoms with Crippen LogP contribution in [-0.2, 0) is 0 Å². The van der Waals surface area contributed by atoms with Crippen molar-refractivity contribution in [1.29, 1.82) is 0 Å². The zero-order valence-corrected chi connectivity index (χ0v) is 19.7. The Kier molecular flexibility index (Phi) is 6.56. The minimum atomic E-state index is -0.211. The Morgan fingerprint density at radius 3 is 2.40 bits per heavy atom. The first-order valence-electron chi connectivity index (χ1n) is 9.83. The summed E-state index contributed by atoms with van der Waals surface area (Å²) in [6.45, 7) is 2.61. The zero-order valence-electron chi connectivity index (χ0n) is 16.5. The summed E-state index contributed by atoms with van der Waals surface area (Å²) >= 11 is 7.02. The number of nitrogens with one attached hydrogen (secondary N) is 1. The van der Waals surface area contributed by atoms with Gasteiger partial charge in [-0.25, -0.2) is 0 Å². The molecule has 0 amide bonds. The number of aliphatic imine (C=N–C) groups is 1. The van der Waals surface area contributed by atoms with E-state index in [9.17, 15) is 5.11 Å². The molecule has 3 aromatic carbocycles. The van der Waals surface area contributed by atoms with Crippen molar-refractivity contribution < 1.29 is 9.84 Å². The number of benzene rings is 3. The minimum absolute atomic E-state index is 0.0739. The van der Waals surface area contributed by atoms with Gasteiger partial charge in [0, 0.05) is 32.7 Å². The van der Waals surface area contributed by atoms with Gasteiger partial charge in [0.15, 0.2) is 0 Å². The quantitative estimate of drug-likeness (QED) is 0.394. The molecule has 0 fully saturated rings. The summed E-state index contributed by atoms with van der Waals surface area (Å²) in [5.74, 6) is 1.12. The summed E-state index contributed by atoms with van der Waals surface area (Å²) < 4.78 is 7.53. The van der Waals surface area contributed by atoms with Crippen molar-refractivity contribution >= 4 is 37.6 Å². The Balaban J connectivity index is 1.72. The fourth-order valence-electron chi connectivity index (χ4n) is 3.61. The van der Waals surface area contributed by atoms with E-state index in [1.807, 2.05) is 55.5 Å². The molecule has 1 aliphatic rings. The summed E-state index contributed by atoms with van der Waals surface area (Å²) in [6.07, 6.45) is 0.460. The lowest BCUT2D eigenvalue weighted by Crippen LogP contribution is -2.33. The normalized spacial score (nSPS) is 18.7. The van der Waals surface area contributed by atoms with Gasteiger partial charge in [0.05, 0.1) is 6.61 Å². The summed E-state index contributed by atoms with van der Waals surface area (Å²) in [4.78, 5) is 5.01. The number of hydrogen-bond donors (Lipinski definition) is 2. The topological polar surface area (TPSA) is 53.8 Å². The van der Waals surface area contributed by atoms with Crippen LogP contribution in [0.2, 0.25) is 0 Å². The van der Waals surface area contributed by atoms with Crippen LogP contribution in [0.5, 0.6) is 11.5 Å². The van der Waals surface area contributed by atoms with Crippen LogP contribution >= 0.6 is 31.9 Å². The van der Waals surface area contributed by atoms with Crippen LogP contribution in [0.3, 0.4) is 0 Å². The van der Waals surface area contributed by atoms with Crippen LogP contribution in [0.1, 0.15) is 42.2 Å². The molecule has 154 valence electrons. The molecule has 0 saturated heterocycles. The summed E-state index contributed by atoms with van der Waals surface area (Å²) in [7, 11) is 0. The molecule has 0 bridgehead atoms. The number of rotatable bonds is 5. The SMILES string of the molecule is CCOc1ccc(C2=N[C@@H](c3ccc(Br)cc3)N[C@H](c3cc(Br)ccc3O)C2)cc1. The largest absolute Gasteiger partial charge is 0.508 e. The van der Waals surface area contributed by atoms with E-state index in [0.29, 0.717) is 13.0 Å². The minimum Gasteiger partial charge on any atom is -0.508 e. The zero-order chi connectivity index (χ0) is 21.1. The second-order valence-electron chi connectivity index (χ2n) is 7.11. The van der Waals surface area contributed by atoms with Crippen LogP contribution < -0.4 is 10.1 Å². The number of halogens is 2. The Labute approximate surface area is 193 Å². The molecule has 0 unspecified atom stereocenters. The number of ether oxygens (including phenoxy) is 1. The molecule has 0 saturated carbocycles. The first kappa shape index (κ1) is 21.1. The number of aromatic hydroxyl groups is 1. The van der Waals surface area contributed by atoms with Gasteiger partial charge >= 0.3 is 0 Å². The molecule has 6 heteroatoms. The molecule has 3 aromatic rings. The fraction of sp³-hybridized carbons (Fsp3) is 0.208. The van der Waals surface area contributed by atoms with E-state index in [1.54, 1.807) is 6.07 Å². The number of phenols is 1. The maximum absolute atomic E-state index is 10.5. The van der Waals surface area contributed by atoms with E-state index in [4.69, 9.17) is 9.73 Å². The highest BCUT2D eigenvalue weighted by Crippen LogP contribution is 2.36. The van der Waals surface area contributed by atoms with Crippen LogP contribution in [0.4, 0.5) is 0 Å². The van der Waals surface area contributed by atoms with Crippen LogP contribution in [-0.4, -0.2) is 17.4 Å². The van der Waals surface area contributed by atoms with E-state index >= 15 is 0 Å². The molecule has 1 aliphatic heterocycles. The molecule has 0 spiro atoms. The Morgan fingerprint density at radius 1 is 1.00 bits per heavy atom. The van der Waals surface area contributed by atoms with Crippen molar-refractivity contribution in [1.82, 2.24) is 5.32 Å². The molecule has 0 radical (unpaired) electrons. The third-order valence-corrected chi connectivity index (χ3v) is 6.11. The van der Waals surface area contributed by atoms with E-state index in [-0.39, 0.29) is 18.0 Å². The summed E-state index contributed by atoms with van der Waals surface area (Å²) in [6, 6.07) is 21.7. The standard InChI is InChI=1S/C24H22Br2N2O2/c1-2-30-19-10-5-15(6-11-19)21-14-22(20-13-18(26)9-12-23(20)29)28-24(27-21)16-3-7-17(25)8-4-16/h3-13,22,24,28-29H,2,14H2,1H3/t22-,24+/m0/s1. The average molecular weight is 530 g/mol. The predicted molar refractivity (Wildman–Crippen MR) is 127 cm³/mol. The second-order valence-corrected chi connectivity index (χ2v) is 8.95. The van der Waals surface area contributed by atoms with Crippen molar-refractivity contribution in [2.45, 2.75) is 25.6 Å². The summed E-state index contributed by atoms with van der Waals surface area (Å²) in [5.41, 5.74) is 3.97. The van der Waals surface area contributed by atoms with E-state index < -0.39 is 0 Å². The monoisotopic (exact) mass is 528 g/mol. The highest BCUT2D eigenvalue weighted by Gasteiger charge is 2.27. The third-order valence-electron chi connectivity index (χ3n) is 5.09. The van der Waals surface area contributed by atoms with Gasteiger partial charge < -0.3 is 9.84 Å². The van der Waals surface area contributed by atoms with Crippen molar-refractivity contribution in [3.63, 3.8) is 0 Å². The van der Waals surface area contributed by atoms with Gasteiger partial charge in [0.25, 0.3) is 0 Å².